The second-order valence-electron chi connectivity index (χ2n) is 6.65. The molecule has 7 nitrogen and oxygen atoms in total. The van der Waals surface area contributed by atoms with Gasteiger partial charge in [0.15, 0.2) is 0 Å². The molecule has 1 aliphatic rings. The lowest BCUT2D eigenvalue weighted by molar-refractivity contribution is -0.0459. The van der Waals surface area contributed by atoms with Gasteiger partial charge in [-0.3, -0.25) is 4.57 Å². The first-order chi connectivity index (χ1) is 12.6. The van der Waals surface area contributed by atoms with Crippen molar-refractivity contribution in [3.05, 3.63) is 58.1 Å². The molecule has 0 aliphatic carbocycles. The summed E-state index contributed by atoms with van der Waals surface area (Å²) in [6.07, 6.45) is 3.43. The third-order valence-corrected chi connectivity index (χ3v) is 4.76. The molecule has 2 aromatic rings. The van der Waals surface area contributed by atoms with Crippen molar-refractivity contribution >= 4 is 5.82 Å². The monoisotopic (exact) mass is 359 g/mol. The Morgan fingerprint density at radius 3 is 2.65 bits per heavy atom. The number of aliphatic hydroxyl groups is 2. The van der Waals surface area contributed by atoms with Crippen molar-refractivity contribution < 1.29 is 14.9 Å². The van der Waals surface area contributed by atoms with Crippen LogP contribution in [0.5, 0.6) is 0 Å². The lowest BCUT2D eigenvalue weighted by Gasteiger charge is -2.16. The van der Waals surface area contributed by atoms with Crippen molar-refractivity contribution in [3.63, 3.8) is 0 Å². The molecule has 0 amide bonds. The molecule has 26 heavy (non-hydrogen) atoms. The molecule has 4 N–H and O–H groups in total. The van der Waals surface area contributed by atoms with Crippen LogP contribution in [0.15, 0.2) is 41.3 Å². The van der Waals surface area contributed by atoms with Crippen LogP contribution in [0.4, 0.5) is 5.82 Å². The summed E-state index contributed by atoms with van der Waals surface area (Å²) in [5.74, 6) is 0.239. The fraction of sp³-hybridized carbons (Fsp3) is 0.474. The second-order valence-corrected chi connectivity index (χ2v) is 6.65. The number of aliphatic hydroxyl groups excluding tert-OH is 2. The zero-order valence-electron chi connectivity index (χ0n) is 14.6. The molecule has 0 saturated carbocycles. The maximum atomic E-state index is 12.1. The highest BCUT2D eigenvalue weighted by Gasteiger charge is 2.35. The second kappa shape index (κ2) is 8.44. The Balaban J connectivity index is 1.63. The van der Waals surface area contributed by atoms with Gasteiger partial charge in [0.2, 0.25) is 0 Å². The fourth-order valence-electron chi connectivity index (χ4n) is 3.26. The van der Waals surface area contributed by atoms with Crippen LogP contribution >= 0.6 is 0 Å². The average Bonchev–Trinajstić information content (AvgIpc) is 3.01. The largest absolute Gasteiger partial charge is 0.394 e. The molecule has 0 spiro atoms. The molecular weight excluding hydrogens is 334 g/mol. The first-order valence-corrected chi connectivity index (χ1v) is 8.94. The zero-order chi connectivity index (χ0) is 18.5. The van der Waals surface area contributed by atoms with Crippen molar-refractivity contribution in [1.82, 2.24) is 9.55 Å². The van der Waals surface area contributed by atoms with Gasteiger partial charge < -0.3 is 20.7 Å². The number of hydrogen-bond donors (Lipinski definition) is 3. The number of nitrogen functional groups attached to an aromatic ring is 1. The van der Waals surface area contributed by atoms with Gasteiger partial charge in [-0.2, -0.15) is 4.98 Å². The maximum absolute atomic E-state index is 12.1. The van der Waals surface area contributed by atoms with E-state index in [4.69, 9.17) is 10.5 Å². The number of rotatable bonds is 7. The van der Waals surface area contributed by atoms with Crippen molar-refractivity contribution in [3.8, 4) is 0 Å². The van der Waals surface area contributed by atoms with Gasteiger partial charge in [0.05, 0.1) is 12.7 Å². The number of benzene rings is 1. The van der Waals surface area contributed by atoms with E-state index in [1.54, 1.807) is 6.20 Å². The van der Waals surface area contributed by atoms with Gasteiger partial charge in [-0.25, -0.2) is 4.79 Å². The Labute approximate surface area is 152 Å². The Morgan fingerprint density at radius 2 is 1.96 bits per heavy atom. The third kappa shape index (κ3) is 4.30. The van der Waals surface area contributed by atoms with E-state index in [2.05, 4.69) is 17.1 Å². The first-order valence-electron chi connectivity index (χ1n) is 8.94. The van der Waals surface area contributed by atoms with E-state index >= 15 is 0 Å². The first kappa shape index (κ1) is 18.6. The van der Waals surface area contributed by atoms with Crippen molar-refractivity contribution in [1.29, 1.82) is 0 Å². The SMILES string of the molecule is Nc1nc(=O)n([C@H]2CC(O)[C@@H](CO)O2)cc1CCCCc1ccccc1. The minimum Gasteiger partial charge on any atom is -0.394 e. The number of anilines is 1. The normalized spacial score (nSPS) is 22.6. The zero-order valence-corrected chi connectivity index (χ0v) is 14.6. The lowest BCUT2D eigenvalue weighted by atomic mass is 10.0. The number of aromatic nitrogens is 2. The summed E-state index contributed by atoms with van der Waals surface area (Å²) in [5.41, 5.74) is 7.49. The standard InChI is InChI=1S/C19H25N3O4/c20-18-14(9-5-4-8-13-6-2-1-3-7-13)11-22(19(25)21-18)17-10-15(24)16(12-23)26-17/h1-3,6-7,11,15-17,23-24H,4-5,8-10,12H2,(H2,20,21,25)/t15?,16-,17-/m1/s1. The predicted octanol–water partition coefficient (Wildman–Crippen LogP) is 1.03. The molecule has 3 atom stereocenters. The van der Waals surface area contributed by atoms with Crippen LogP contribution in [0.3, 0.4) is 0 Å². The van der Waals surface area contributed by atoms with Crippen LogP contribution in [0, 0.1) is 0 Å². The summed E-state index contributed by atoms with van der Waals surface area (Å²) in [6, 6.07) is 10.3. The molecule has 1 fully saturated rings. The lowest BCUT2D eigenvalue weighted by Crippen LogP contribution is -2.29. The number of unbranched alkanes of at least 4 members (excludes halogenated alkanes) is 1. The quantitative estimate of drug-likeness (QED) is 0.637. The smallest absolute Gasteiger partial charge is 0.351 e. The van der Waals surface area contributed by atoms with E-state index in [-0.39, 0.29) is 18.8 Å². The van der Waals surface area contributed by atoms with Crippen LogP contribution in [0.1, 0.15) is 36.6 Å². The van der Waals surface area contributed by atoms with Gasteiger partial charge >= 0.3 is 5.69 Å². The molecule has 3 rings (SSSR count). The van der Waals surface area contributed by atoms with E-state index in [0.29, 0.717) is 6.42 Å². The maximum Gasteiger partial charge on any atom is 0.351 e. The summed E-state index contributed by atoms with van der Waals surface area (Å²) in [7, 11) is 0. The van der Waals surface area contributed by atoms with Crippen molar-refractivity contribution in [2.75, 3.05) is 12.3 Å². The van der Waals surface area contributed by atoms with Gasteiger partial charge in [0.25, 0.3) is 0 Å². The summed E-state index contributed by atoms with van der Waals surface area (Å²) in [6.45, 7) is -0.291. The molecule has 1 aliphatic heterocycles. The highest BCUT2D eigenvalue weighted by molar-refractivity contribution is 5.36. The van der Waals surface area contributed by atoms with Crippen LogP contribution in [0.25, 0.3) is 0 Å². The Hall–Kier alpha value is -2.22. The highest BCUT2D eigenvalue weighted by Crippen LogP contribution is 2.28. The van der Waals surface area contributed by atoms with Crippen LogP contribution < -0.4 is 11.4 Å². The van der Waals surface area contributed by atoms with Gasteiger partial charge in [0.1, 0.15) is 18.1 Å². The molecule has 1 aromatic heterocycles. The van der Waals surface area contributed by atoms with Gasteiger partial charge in [-0.1, -0.05) is 30.3 Å². The van der Waals surface area contributed by atoms with E-state index in [1.807, 2.05) is 18.2 Å². The number of ether oxygens (including phenoxy) is 1. The van der Waals surface area contributed by atoms with E-state index in [9.17, 15) is 15.0 Å². The van der Waals surface area contributed by atoms with Crippen LogP contribution in [-0.2, 0) is 17.6 Å². The van der Waals surface area contributed by atoms with E-state index < -0.39 is 24.1 Å². The van der Waals surface area contributed by atoms with Gasteiger partial charge in [-0.05, 0) is 31.2 Å². The van der Waals surface area contributed by atoms with Gasteiger partial charge in [-0.15, -0.1) is 0 Å². The number of nitrogens with two attached hydrogens (primary N) is 1. The minimum atomic E-state index is -0.802. The summed E-state index contributed by atoms with van der Waals surface area (Å²) in [4.78, 5) is 16.0. The van der Waals surface area contributed by atoms with Crippen molar-refractivity contribution in [2.24, 2.45) is 0 Å². The minimum absolute atomic E-state index is 0.239. The summed E-state index contributed by atoms with van der Waals surface area (Å²) in [5, 5.41) is 19.1. The molecule has 140 valence electrons. The predicted molar refractivity (Wildman–Crippen MR) is 97.6 cm³/mol. The average molecular weight is 359 g/mol. The molecule has 1 saturated heterocycles. The van der Waals surface area contributed by atoms with Crippen LogP contribution in [0.2, 0.25) is 0 Å². The Kier molecular flexibility index (Phi) is 6.03. The molecular formula is C19H25N3O4. The van der Waals surface area contributed by atoms with E-state index in [1.165, 1.54) is 10.1 Å². The molecule has 7 heteroatoms. The highest BCUT2D eigenvalue weighted by atomic mass is 16.5. The molecule has 2 heterocycles. The van der Waals surface area contributed by atoms with Gasteiger partial charge in [0, 0.05) is 18.2 Å². The summed E-state index contributed by atoms with van der Waals surface area (Å²) < 4.78 is 6.91. The third-order valence-electron chi connectivity index (χ3n) is 4.76. The topological polar surface area (TPSA) is 111 Å². The molecule has 1 aromatic carbocycles. The summed E-state index contributed by atoms with van der Waals surface area (Å²) >= 11 is 0. The fourth-order valence-corrected chi connectivity index (χ4v) is 3.26. The van der Waals surface area contributed by atoms with Crippen LogP contribution in [-0.4, -0.2) is 38.6 Å². The van der Waals surface area contributed by atoms with Crippen molar-refractivity contribution in [2.45, 2.75) is 50.5 Å². The van der Waals surface area contributed by atoms with E-state index in [0.717, 1.165) is 24.8 Å². The molecule has 1 unspecified atom stereocenters. The number of nitrogens with zero attached hydrogens (tertiary/aromatic N) is 2. The Morgan fingerprint density at radius 1 is 1.23 bits per heavy atom. The number of hydrogen-bond acceptors (Lipinski definition) is 6. The molecule has 0 radical (unpaired) electrons. The number of aryl methyl sites for hydroxylation is 2. The Bertz CT molecular complexity index is 778. The molecule has 0 bridgehead atoms.